The van der Waals surface area contributed by atoms with E-state index in [0.717, 1.165) is 45.0 Å². The Morgan fingerprint density at radius 2 is 1.11 bits per heavy atom. The molecule has 3 aromatic carbocycles. The van der Waals surface area contributed by atoms with Crippen molar-refractivity contribution in [2.45, 2.75) is 0 Å². The van der Waals surface area contributed by atoms with Crippen molar-refractivity contribution in [3.05, 3.63) is 66.7 Å². The second kappa shape index (κ2) is 7.56. The molecule has 0 N–H and O–H groups in total. The highest BCUT2D eigenvalue weighted by molar-refractivity contribution is 5.89. The molecule has 0 atom stereocenters. The Hall–Kier alpha value is -3.60. The van der Waals surface area contributed by atoms with Gasteiger partial charge in [0.2, 0.25) is 0 Å². The van der Waals surface area contributed by atoms with Crippen molar-refractivity contribution >= 4 is 11.0 Å². The van der Waals surface area contributed by atoms with Crippen LogP contribution in [-0.2, 0) is 0 Å². The zero-order valence-electron chi connectivity index (χ0n) is 16.0. The summed E-state index contributed by atoms with van der Waals surface area (Å²) in [5, 5.41) is 0. The molecule has 4 aromatic rings. The largest absolute Gasteiger partial charge is 0.497 e. The molecular formula is C23H20N2O3. The van der Waals surface area contributed by atoms with Crippen LogP contribution in [0.25, 0.3) is 33.5 Å². The first-order chi connectivity index (χ1) is 13.7. The average molecular weight is 372 g/mol. The summed E-state index contributed by atoms with van der Waals surface area (Å²) < 4.78 is 16.1. The fourth-order valence-corrected chi connectivity index (χ4v) is 3.12. The Balaban J connectivity index is 1.97. The number of rotatable bonds is 5. The van der Waals surface area contributed by atoms with Crippen molar-refractivity contribution in [3.63, 3.8) is 0 Å². The molecule has 0 aliphatic heterocycles. The summed E-state index contributed by atoms with van der Waals surface area (Å²) in [7, 11) is 4.94. The summed E-state index contributed by atoms with van der Waals surface area (Å²) in [6.45, 7) is 0. The van der Waals surface area contributed by atoms with Gasteiger partial charge in [0.25, 0.3) is 0 Å². The monoisotopic (exact) mass is 372 g/mol. The molecule has 0 aliphatic carbocycles. The maximum atomic E-state index is 5.49. The molecule has 0 fully saturated rings. The van der Waals surface area contributed by atoms with E-state index >= 15 is 0 Å². The Kier molecular flexibility index (Phi) is 4.81. The second-order valence-electron chi connectivity index (χ2n) is 6.21. The molecule has 1 heterocycles. The lowest BCUT2D eigenvalue weighted by atomic mass is 10.0. The number of ether oxygens (including phenoxy) is 3. The number of hydrogen-bond acceptors (Lipinski definition) is 5. The number of benzene rings is 3. The van der Waals surface area contributed by atoms with Crippen molar-refractivity contribution in [1.29, 1.82) is 0 Å². The van der Waals surface area contributed by atoms with Crippen molar-refractivity contribution in [2.75, 3.05) is 21.3 Å². The minimum atomic E-state index is 0.695. The van der Waals surface area contributed by atoms with E-state index in [1.54, 1.807) is 21.3 Å². The second-order valence-corrected chi connectivity index (χ2v) is 6.21. The van der Waals surface area contributed by atoms with Gasteiger partial charge in [0.1, 0.15) is 22.8 Å². The third-order valence-corrected chi connectivity index (χ3v) is 4.60. The van der Waals surface area contributed by atoms with E-state index < -0.39 is 0 Å². The van der Waals surface area contributed by atoms with Crippen LogP contribution in [-0.4, -0.2) is 31.3 Å². The van der Waals surface area contributed by atoms with Crippen molar-refractivity contribution in [3.8, 4) is 39.8 Å². The minimum Gasteiger partial charge on any atom is -0.497 e. The van der Waals surface area contributed by atoms with E-state index in [9.17, 15) is 0 Å². The summed E-state index contributed by atoms with van der Waals surface area (Å²) in [4.78, 5) is 9.85. The van der Waals surface area contributed by atoms with Crippen LogP contribution in [0.2, 0.25) is 0 Å². The van der Waals surface area contributed by atoms with Crippen LogP contribution in [0.4, 0.5) is 0 Å². The molecule has 140 valence electrons. The van der Waals surface area contributed by atoms with Crippen molar-refractivity contribution in [2.24, 2.45) is 0 Å². The number of methoxy groups -OCH3 is 3. The lowest BCUT2D eigenvalue weighted by Gasteiger charge is -2.13. The number of hydrogen-bond donors (Lipinski definition) is 0. The van der Waals surface area contributed by atoms with Gasteiger partial charge in [-0.05, 0) is 60.7 Å². The Morgan fingerprint density at radius 1 is 0.571 bits per heavy atom. The maximum absolute atomic E-state index is 5.49. The zero-order valence-corrected chi connectivity index (χ0v) is 16.0. The van der Waals surface area contributed by atoms with Crippen LogP contribution >= 0.6 is 0 Å². The molecule has 5 heteroatoms. The van der Waals surface area contributed by atoms with E-state index in [1.807, 2.05) is 66.7 Å². The SMILES string of the molecule is COc1ccc(-c2nc3cccc(OC)c3nc2-c2ccc(OC)cc2)cc1. The van der Waals surface area contributed by atoms with Crippen LogP contribution < -0.4 is 14.2 Å². The molecule has 0 aliphatic rings. The fraction of sp³-hybridized carbons (Fsp3) is 0.130. The number of fused-ring (bicyclic) bond motifs is 1. The van der Waals surface area contributed by atoms with Gasteiger partial charge in [-0.3, -0.25) is 0 Å². The highest BCUT2D eigenvalue weighted by atomic mass is 16.5. The molecule has 0 amide bonds. The van der Waals surface area contributed by atoms with Gasteiger partial charge in [-0.15, -0.1) is 0 Å². The van der Waals surface area contributed by atoms with Gasteiger partial charge in [0.05, 0.1) is 38.2 Å². The molecule has 0 saturated carbocycles. The predicted molar refractivity (Wildman–Crippen MR) is 110 cm³/mol. The van der Waals surface area contributed by atoms with Gasteiger partial charge in [-0.2, -0.15) is 0 Å². The molecule has 28 heavy (non-hydrogen) atoms. The number of nitrogens with zero attached hydrogens (tertiary/aromatic N) is 2. The molecule has 0 unspecified atom stereocenters. The average Bonchev–Trinajstić information content (AvgIpc) is 2.78. The first-order valence-electron chi connectivity index (χ1n) is 8.87. The molecule has 5 nitrogen and oxygen atoms in total. The van der Waals surface area contributed by atoms with E-state index in [4.69, 9.17) is 24.2 Å². The van der Waals surface area contributed by atoms with Crippen LogP contribution in [0, 0.1) is 0 Å². The highest BCUT2D eigenvalue weighted by Gasteiger charge is 2.15. The lowest BCUT2D eigenvalue weighted by Crippen LogP contribution is -1.97. The Bertz CT molecular complexity index is 1110. The molecule has 4 rings (SSSR count). The molecule has 0 radical (unpaired) electrons. The van der Waals surface area contributed by atoms with Gasteiger partial charge in [-0.25, -0.2) is 9.97 Å². The van der Waals surface area contributed by atoms with Crippen LogP contribution in [0.5, 0.6) is 17.2 Å². The standard InChI is InChI=1S/C23H20N2O3/c1-26-17-11-7-15(8-12-17)21-22(16-9-13-18(27-2)14-10-16)25-23-19(24-21)5-4-6-20(23)28-3/h4-14H,1-3H3. The van der Waals surface area contributed by atoms with E-state index in [1.165, 1.54) is 0 Å². The quantitative estimate of drug-likeness (QED) is 0.494. The summed E-state index contributed by atoms with van der Waals surface area (Å²) in [5.41, 5.74) is 5.00. The van der Waals surface area contributed by atoms with Gasteiger partial charge >= 0.3 is 0 Å². The fourth-order valence-electron chi connectivity index (χ4n) is 3.12. The molecule has 0 bridgehead atoms. The van der Waals surface area contributed by atoms with Crippen LogP contribution in [0.15, 0.2) is 66.7 Å². The number of para-hydroxylation sites is 1. The predicted octanol–water partition coefficient (Wildman–Crippen LogP) is 4.99. The maximum Gasteiger partial charge on any atom is 0.146 e. The minimum absolute atomic E-state index is 0.695. The first-order valence-corrected chi connectivity index (χ1v) is 8.87. The summed E-state index contributed by atoms with van der Waals surface area (Å²) in [6.07, 6.45) is 0. The Morgan fingerprint density at radius 3 is 1.61 bits per heavy atom. The molecule has 0 spiro atoms. The van der Waals surface area contributed by atoms with E-state index in [2.05, 4.69) is 0 Å². The van der Waals surface area contributed by atoms with Crippen molar-refractivity contribution in [1.82, 2.24) is 9.97 Å². The third-order valence-electron chi connectivity index (χ3n) is 4.60. The van der Waals surface area contributed by atoms with E-state index in [0.29, 0.717) is 5.75 Å². The van der Waals surface area contributed by atoms with Gasteiger partial charge in [0.15, 0.2) is 0 Å². The summed E-state index contributed by atoms with van der Waals surface area (Å²) in [6, 6.07) is 21.4. The van der Waals surface area contributed by atoms with Gasteiger partial charge in [0, 0.05) is 11.1 Å². The first kappa shape index (κ1) is 17.8. The molecular weight excluding hydrogens is 352 g/mol. The smallest absolute Gasteiger partial charge is 0.146 e. The van der Waals surface area contributed by atoms with Gasteiger partial charge in [-0.1, -0.05) is 6.07 Å². The Labute approximate surface area is 163 Å². The van der Waals surface area contributed by atoms with Crippen LogP contribution in [0.1, 0.15) is 0 Å². The third kappa shape index (κ3) is 3.22. The highest BCUT2D eigenvalue weighted by Crippen LogP contribution is 2.34. The number of aromatic nitrogens is 2. The van der Waals surface area contributed by atoms with E-state index in [-0.39, 0.29) is 0 Å². The van der Waals surface area contributed by atoms with Crippen molar-refractivity contribution < 1.29 is 14.2 Å². The summed E-state index contributed by atoms with van der Waals surface area (Å²) in [5.74, 6) is 2.28. The molecule has 0 saturated heterocycles. The molecule has 1 aromatic heterocycles. The topological polar surface area (TPSA) is 53.5 Å². The van der Waals surface area contributed by atoms with Gasteiger partial charge < -0.3 is 14.2 Å². The normalized spacial score (nSPS) is 10.7. The van der Waals surface area contributed by atoms with Crippen LogP contribution in [0.3, 0.4) is 0 Å². The summed E-state index contributed by atoms with van der Waals surface area (Å²) >= 11 is 0. The lowest BCUT2D eigenvalue weighted by molar-refractivity contribution is 0.414. The zero-order chi connectivity index (χ0) is 19.5.